The van der Waals surface area contributed by atoms with Gasteiger partial charge in [0.1, 0.15) is 0 Å². The number of carboxylic acids is 2. The highest BCUT2D eigenvalue weighted by Crippen LogP contribution is 2.36. The minimum Gasteiger partial charge on any atom is -0.473 e. The molecule has 0 aliphatic carbocycles. The average molecular weight is 558 g/mol. The van der Waals surface area contributed by atoms with Gasteiger partial charge < -0.3 is 15.1 Å². The number of para-hydroxylation sites is 2. The number of aliphatic carboxylic acids is 2. The predicted molar refractivity (Wildman–Crippen MR) is 158 cm³/mol. The highest BCUT2D eigenvalue weighted by atomic mass is 32.1. The maximum absolute atomic E-state index is 13.6. The van der Waals surface area contributed by atoms with Crippen molar-refractivity contribution < 1.29 is 24.6 Å². The molecule has 3 heterocycles. The second kappa shape index (κ2) is 12.3. The summed E-state index contributed by atoms with van der Waals surface area (Å²) in [7, 11) is 0. The maximum Gasteiger partial charge on any atom is 0.414 e. The first-order valence-corrected chi connectivity index (χ1v) is 14.2. The van der Waals surface area contributed by atoms with Gasteiger partial charge in [-0.3, -0.25) is 14.6 Å². The number of fused-ring (bicyclic) bond motifs is 3. The number of aryl methyl sites for hydroxylation is 2. The van der Waals surface area contributed by atoms with E-state index in [9.17, 15) is 4.79 Å². The Morgan fingerprint density at radius 3 is 1.88 bits per heavy atom. The second-order valence-corrected chi connectivity index (χ2v) is 10.7. The summed E-state index contributed by atoms with van der Waals surface area (Å²) >= 11 is 1.80. The molecule has 0 saturated carbocycles. The van der Waals surface area contributed by atoms with E-state index in [1.54, 1.807) is 11.3 Å². The molecule has 2 N–H and O–H groups in total. The molecule has 206 valence electrons. The van der Waals surface area contributed by atoms with E-state index in [4.69, 9.17) is 19.8 Å². The molecule has 2 aliphatic heterocycles. The fourth-order valence-corrected chi connectivity index (χ4v) is 6.19. The number of hydrogen-bond donors (Lipinski definition) is 2. The predicted octanol–water partition coefficient (Wildman–Crippen LogP) is 5.03. The Bertz CT molecular complexity index is 1470. The lowest BCUT2D eigenvalue weighted by atomic mass is 10.0. The largest absolute Gasteiger partial charge is 0.473 e. The van der Waals surface area contributed by atoms with E-state index in [1.165, 1.54) is 26.9 Å². The van der Waals surface area contributed by atoms with E-state index < -0.39 is 11.9 Å². The standard InChI is InChI=1S/C29H29N3OS.C2H2O4/c33-29(32-25-8-3-1-6-22(25)12-13-23-7-2-4-9-26(23)32)14-16-30-17-19-31(20-18-30)27-10-5-11-28-24(27)15-21-34-28;3-1(4)2(5)6/h1-11,15,21H,12-14,16-20H2;(H,3,4)(H,5,6). The zero-order valence-electron chi connectivity index (χ0n) is 22.0. The van der Waals surface area contributed by atoms with Gasteiger partial charge in [-0.25, -0.2) is 9.59 Å². The summed E-state index contributed by atoms with van der Waals surface area (Å²) < 4.78 is 1.35. The molecule has 1 aromatic heterocycles. The number of carbonyl (C=O) groups is 3. The van der Waals surface area contributed by atoms with Gasteiger partial charge >= 0.3 is 11.9 Å². The molecular weight excluding hydrogens is 526 g/mol. The van der Waals surface area contributed by atoms with Crippen LogP contribution in [-0.2, 0) is 27.2 Å². The summed E-state index contributed by atoms with van der Waals surface area (Å²) in [4.78, 5) is 38.7. The third kappa shape index (κ3) is 6.00. The fraction of sp³-hybridized carbons (Fsp3) is 0.258. The van der Waals surface area contributed by atoms with Gasteiger partial charge in [-0.2, -0.15) is 0 Å². The summed E-state index contributed by atoms with van der Waals surface area (Å²) in [5, 5.41) is 18.3. The van der Waals surface area contributed by atoms with Gasteiger partial charge in [0.15, 0.2) is 0 Å². The number of anilines is 3. The average Bonchev–Trinajstić information content (AvgIpc) is 3.39. The summed E-state index contributed by atoms with van der Waals surface area (Å²) in [5.74, 6) is -3.46. The number of carbonyl (C=O) groups excluding carboxylic acids is 1. The molecular formula is C31H31N3O5S. The lowest BCUT2D eigenvalue weighted by molar-refractivity contribution is -0.159. The van der Waals surface area contributed by atoms with Gasteiger partial charge in [-0.15, -0.1) is 11.3 Å². The number of nitrogens with zero attached hydrogens (tertiary/aromatic N) is 3. The molecule has 40 heavy (non-hydrogen) atoms. The van der Waals surface area contributed by atoms with E-state index >= 15 is 0 Å². The summed E-state index contributed by atoms with van der Waals surface area (Å²) in [6, 6.07) is 25.6. The monoisotopic (exact) mass is 557 g/mol. The Morgan fingerprint density at radius 1 is 0.700 bits per heavy atom. The Hall–Kier alpha value is -4.21. The topological polar surface area (TPSA) is 101 Å². The Morgan fingerprint density at radius 2 is 1.27 bits per heavy atom. The molecule has 6 rings (SSSR count). The number of rotatable bonds is 4. The van der Waals surface area contributed by atoms with Crippen molar-refractivity contribution in [2.24, 2.45) is 0 Å². The first-order valence-electron chi connectivity index (χ1n) is 13.3. The van der Waals surface area contributed by atoms with Crippen LogP contribution in [-0.4, -0.2) is 65.7 Å². The van der Waals surface area contributed by atoms with E-state index in [-0.39, 0.29) is 5.91 Å². The van der Waals surface area contributed by atoms with Crippen LogP contribution in [0.1, 0.15) is 17.5 Å². The zero-order chi connectivity index (χ0) is 28.1. The Labute approximate surface area is 236 Å². The molecule has 0 radical (unpaired) electrons. The first kappa shape index (κ1) is 27.4. The minimum absolute atomic E-state index is 0.187. The van der Waals surface area contributed by atoms with Crippen LogP contribution in [0.25, 0.3) is 10.1 Å². The minimum atomic E-state index is -1.82. The molecule has 8 nitrogen and oxygen atoms in total. The van der Waals surface area contributed by atoms with Crippen LogP contribution in [0.5, 0.6) is 0 Å². The van der Waals surface area contributed by atoms with Crippen LogP contribution in [0.4, 0.5) is 17.1 Å². The van der Waals surface area contributed by atoms with Crippen molar-refractivity contribution in [2.45, 2.75) is 19.3 Å². The molecule has 2 aliphatic rings. The van der Waals surface area contributed by atoms with Crippen LogP contribution >= 0.6 is 11.3 Å². The molecule has 1 fully saturated rings. The van der Waals surface area contributed by atoms with Gasteiger partial charge in [-0.1, -0.05) is 42.5 Å². The quantitative estimate of drug-likeness (QED) is 0.339. The van der Waals surface area contributed by atoms with Gasteiger partial charge in [0.25, 0.3) is 0 Å². The smallest absolute Gasteiger partial charge is 0.414 e. The SMILES string of the molecule is O=C(CCN1CCN(c2cccc3sccc23)CC1)N1c2ccccc2CCc2ccccc21.O=C(O)C(=O)O. The maximum atomic E-state index is 13.6. The van der Waals surface area contributed by atoms with E-state index in [2.05, 4.69) is 75.8 Å². The lowest BCUT2D eigenvalue weighted by Gasteiger charge is -2.36. The first-order chi connectivity index (χ1) is 19.4. The molecule has 1 amide bonds. The van der Waals surface area contributed by atoms with Crippen molar-refractivity contribution in [2.75, 3.05) is 42.5 Å². The molecule has 9 heteroatoms. The number of benzene rings is 3. The molecule has 4 aromatic rings. The van der Waals surface area contributed by atoms with Crippen molar-refractivity contribution in [1.29, 1.82) is 0 Å². The molecule has 0 unspecified atom stereocenters. The van der Waals surface area contributed by atoms with Crippen LogP contribution in [0.15, 0.2) is 78.2 Å². The highest BCUT2D eigenvalue weighted by molar-refractivity contribution is 7.17. The number of carboxylic acid groups (broad SMARTS) is 2. The van der Waals surface area contributed by atoms with Crippen LogP contribution in [0.2, 0.25) is 0 Å². The third-order valence-electron chi connectivity index (χ3n) is 7.39. The van der Waals surface area contributed by atoms with Crippen molar-refractivity contribution in [3.05, 3.63) is 89.3 Å². The van der Waals surface area contributed by atoms with E-state index in [1.807, 2.05) is 17.0 Å². The van der Waals surface area contributed by atoms with E-state index in [0.29, 0.717) is 6.42 Å². The number of amides is 1. The van der Waals surface area contributed by atoms with Crippen molar-refractivity contribution >= 4 is 56.3 Å². The lowest BCUT2D eigenvalue weighted by Crippen LogP contribution is -2.47. The van der Waals surface area contributed by atoms with Gasteiger partial charge in [0.05, 0.1) is 11.4 Å². The van der Waals surface area contributed by atoms with E-state index in [0.717, 1.165) is 56.9 Å². The van der Waals surface area contributed by atoms with Crippen LogP contribution in [0, 0.1) is 0 Å². The molecule has 0 bridgehead atoms. The summed E-state index contributed by atoms with van der Waals surface area (Å²) in [5.41, 5.74) is 5.94. The van der Waals surface area contributed by atoms with Gasteiger partial charge in [0, 0.05) is 54.9 Å². The third-order valence-corrected chi connectivity index (χ3v) is 8.27. The summed E-state index contributed by atoms with van der Waals surface area (Å²) in [6.07, 6.45) is 2.47. The number of piperazine rings is 1. The Kier molecular flexibility index (Phi) is 8.42. The Balaban J connectivity index is 0.000000487. The number of hydrogen-bond acceptors (Lipinski definition) is 6. The summed E-state index contributed by atoms with van der Waals surface area (Å²) in [6.45, 7) is 4.77. The van der Waals surface area contributed by atoms with Crippen molar-refractivity contribution in [1.82, 2.24) is 4.90 Å². The highest BCUT2D eigenvalue weighted by Gasteiger charge is 2.26. The van der Waals surface area contributed by atoms with Crippen LogP contribution in [0.3, 0.4) is 0 Å². The molecule has 3 aromatic carbocycles. The normalized spacial score (nSPS) is 14.9. The molecule has 0 spiro atoms. The van der Waals surface area contributed by atoms with Crippen molar-refractivity contribution in [3.8, 4) is 0 Å². The van der Waals surface area contributed by atoms with Gasteiger partial charge in [0.2, 0.25) is 5.91 Å². The fourth-order valence-electron chi connectivity index (χ4n) is 5.38. The zero-order valence-corrected chi connectivity index (χ0v) is 22.8. The van der Waals surface area contributed by atoms with Gasteiger partial charge in [-0.05, 0) is 59.7 Å². The molecule has 0 atom stereocenters. The molecule has 1 saturated heterocycles. The van der Waals surface area contributed by atoms with Crippen LogP contribution < -0.4 is 9.80 Å². The van der Waals surface area contributed by atoms with Crippen molar-refractivity contribution in [3.63, 3.8) is 0 Å². The second-order valence-electron chi connectivity index (χ2n) is 9.79. The number of thiophene rings is 1.